The van der Waals surface area contributed by atoms with Gasteiger partial charge >= 0.3 is 0 Å². The fraction of sp³-hybridized carbons (Fsp3) is 0.286. The minimum absolute atomic E-state index is 0.00686. The van der Waals surface area contributed by atoms with Crippen molar-refractivity contribution in [1.82, 2.24) is 9.88 Å². The molecule has 1 aliphatic heterocycles. The van der Waals surface area contributed by atoms with Gasteiger partial charge in [0.25, 0.3) is 5.91 Å². The van der Waals surface area contributed by atoms with Crippen LogP contribution >= 0.6 is 27.3 Å². The first-order valence-electron chi connectivity index (χ1n) is 6.64. The van der Waals surface area contributed by atoms with Crippen LogP contribution in [0.3, 0.4) is 0 Å². The van der Waals surface area contributed by atoms with Crippen molar-refractivity contribution in [1.29, 1.82) is 0 Å². The van der Waals surface area contributed by atoms with Crippen molar-refractivity contribution in [3.63, 3.8) is 0 Å². The van der Waals surface area contributed by atoms with Crippen molar-refractivity contribution in [2.75, 3.05) is 36.8 Å². The van der Waals surface area contributed by atoms with Crippen LogP contribution in [0.15, 0.2) is 34.2 Å². The van der Waals surface area contributed by atoms with Crippen LogP contribution in [0.25, 0.3) is 0 Å². The lowest BCUT2D eigenvalue weighted by Gasteiger charge is -2.34. The summed E-state index contributed by atoms with van der Waals surface area (Å²) in [5.74, 6) is -0.00686. The topological polar surface area (TPSA) is 62.5 Å². The van der Waals surface area contributed by atoms with Gasteiger partial charge in [0.2, 0.25) is 0 Å². The number of anilines is 2. The van der Waals surface area contributed by atoms with Crippen molar-refractivity contribution in [3.8, 4) is 0 Å². The number of rotatable bonds is 2. The minimum atomic E-state index is -0.00686. The molecule has 3 rings (SSSR count). The first-order chi connectivity index (χ1) is 10.1. The molecule has 110 valence electrons. The monoisotopic (exact) mass is 366 g/mol. The quantitative estimate of drug-likeness (QED) is 0.829. The molecule has 1 aliphatic rings. The SMILES string of the molecule is Nc1ccc(Br)cc1C(=O)N1CCN(c2nccs2)CC1. The van der Waals surface area contributed by atoms with Crippen LogP contribution in [-0.4, -0.2) is 42.0 Å². The van der Waals surface area contributed by atoms with E-state index in [-0.39, 0.29) is 5.91 Å². The van der Waals surface area contributed by atoms with Crippen LogP contribution in [0.1, 0.15) is 10.4 Å². The second kappa shape index (κ2) is 6.03. The first-order valence-corrected chi connectivity index (χ1v) is 8.31. The number of benzene rings is 1. The molecule has 2 heterocycles. The third kappa shape index (κ3) is 3.03. The highest BCUT2D eigenvalue weighted by Crippen LogP contribution is 2.22. The number of piperazine rings is 1. The van der Waals surface area contributed by atoms with Crippen molar-refractivity contribution in [2.45, 2.75) is 0 Å². The van der Waals surface area contributed by atoms with Crippen LogP contribution in [-0.2, 0) is 0 Å². The number of carbonyl (C=O) groups excluding carboxylic acids is 1. The van der Waals surface area contributed by atoms with Gasteiger partial charge < -0.3 is 15.5 Å². The average molecular weight is 367 g/mol. The molecule has 2 N–H and O–H groups in total. The lowest BCUT2D eigenvalue weighted by atomic mass is 10.1. The Bertz CT molecular complexity index is 638. The number of hydrogen-bond donors (Lipinski definition) is 1. The largest absolute Gasteiger partial charge is 0.398 e. The summed E-state index contributed by atoms with van der Waals surface area (Å²) in [5.41, 5.74) is 7.00. The van der Waals surface area contributed by atoms with Crippen molar-refractivity contribution in [3.05, 3.63) is 39.8 Å². The molecule has 0 bridgehead atoms. The van der Waals surface area contributed by atoms with E-state index < -0.39 is 0 Å². The van der Waals surface area contributed by atoms with Gasteiger partial charge in [-0.15, -0.1) is 11.3 Å². The Morgan fingerprint density at radius 3 is 2.71 bits per heavy atom. The number of hydrogen-bond acceptors (Lipinski definition) is 5. The summed E-state index contributed by atoms with van der Waals surface area (Å²) >= 11 is 5.01. The van der Waals surface area contributed by atoms with Gasteiger partial charge in [-0.05, 0) is 18.2 Å². The van der Waals surface area contributed by atoms with Crippen molar-refractivity contribution in [2.24, 2.45) is 0 Å². The molecule has 5 nitrogen and oxygen atoms in total. The van der Waals surface area contributed by atoms with Gasteiger partial charge in [-0.25, -0.2) is 4.98 Å². The van der Waals surface area contributed by atoms with Crippen LogP contribution in [0.5, 0.6) is 0 Å². The molecule has 2 aromatic rings. The minimum Gasteiger partial charge on any atom is -0.398 e. The summed E-state index contributed by atoms with van der Waals surface area (Å²) in [7, 11) is 0. The van der Waals surface area contributed by atoms with E-state index in [4.69, 9.17) is 5.73 Å². The number of amides is 1. The molecular formula is C14H15BrN4OS. The van der Waals surface area contributed by atoms with Gasteiger partial charge in [-0.1, -0.05) is 15.9 Å². The van der Waals surface area contributed by atoms with Crippen LogP contribution in [0, 0.1) is 0 Å². The van der Waals surface area contributed by atoms with E-state index in [1.165, 1.54) is 0 Å². The lowest BCUT2D eigenvalue weighted by molar-refractivity contribution is 0.0748. The van der Waals surface area contributed by atoms with Gasteiger partial charge in [0, 0.05) is 47.9 Å². The molecule has 0 aliphatic carbocycles. The Balaban J connectivity index is 1.69. The second-order valence-corrected chi connectivity index (χ2v) is 6.61. The smallest absolute Gasteiger partial charge is 0.256 e. The molecule has 0 saturated carbocycles. The van der Waals surface area contributed by atoms with E-state index >= 15 is 0 Å². The van der Waals surface area contributed by atoms with Gasteiger partial charge in [-0.3, -0.25) is 4.79 Å². The second-order valence-electron chi connectivity index (χ2n) is 4.83. The summed E-state index contributed by atoms with van der Waals surface area (Å²) in [5, 5.41) is 2.98. The molecule has 1 aromatic carbocycles. The number of nitrogens with zero attached hydrogens (tertiary/aromatic N) is 3. The highest BCUT2D eigenvalue weighted by atomic mass is 79.9. The zero-order chi connectivity index (χ0) is 14.8. The fourth-order valence-corrected chi connectivity index (χ4v) is 3.41. The normalized spacial score (nSPS) is 15.3. The third-order valence-electron chi connectivity index (χ3n) is 3.50. The summed E-state index contributed by atoms with van der Waals surface area (Å²) in [6.45, 7) is 2.97. The predicted octanol–water partition coefficient (Wildman–Crippen LogP) is 2.45. The Morgan fingerprint density at radius 1 is 1.29 bits per heavy atom. The molecule has 0 unspecified atom stereocenters. The maximum absolute atomic E-state index is 12.6. The summed E-state index contributed by atoms with van der Waals surface area (Å²) in [4.78, 5) is 20.9. The van der Waals surface area contributed by atoms with E-state index in [0.717, 1.165) is 22.7 Å². The number of nitrogen functional groups attached to an aromatic ring is 1. The molecule has 1 amide bonds. The number of thiazole rings is 1. The van der Waals surface area contributed by atoms with E-state index in [2.05, 4.69) is 25.8 Å². The van der Waals surface area contributed by atoms with Gasteiger partial charge in [0.05, 0.1) is 5.56 Å². The molecule has 1 fully saturated rings. The van der Waals surface area contributed by atoms with E-state index in [1.807, 2.05) is 16.3 Å². The summed E-state index contributed by atoms with van der Waals surface area (Å²) in [6.07, 6.45) is 1.81. The zero-order valence-electron chi connectivity index (χ0n) is 11.3. The van der Waals surface area contributed by atoms with Crippen LogP contribution < -0.4 is 10.6 Å². The van der Waals surface area contributed by atoms with Crippen molar-refractivity contribution >= 4 is 44.0 Å². The number of nitrogens with two attached hydrogens (primary N) is 1. The molecule has 7 heteroatoms. The van der Waals surface area contributed by atoms with Crippen LogP contribution in [0.4, 0.5) is 10.8 Å². The molecule has 1 saturated heterocycles. The zero-order valence-corrected chi connectivity index (χ0v) is 13.7. The Morgan fingerprint density at radius 2 is 2.05 bits per heavy atom. The number of carbonyl (C=O) groups is 1. The molecule has 1 aromatic heterocycles. The van der Waals surface area contributed by atoms with Gasteiger partial charge in [0.15, 0.2) is 5.13 Å². The molecule has 0 atom stereocenters. The highest BCUT2D eigenvalue weighted by molar-refractivity contribution is 9.10. The number of halogens is 1. The maximum atomic E-state index is 12.6. The molecule has 0 radical (unpaired) electrons. The Hall–Kier alpha value is -1.60. The lowest BCUT2D eigenvalue weighted by Crippen LogP contribution is -2.48. The van der Waals surface area contributed by atoms with Crippen molar-refractivity contribution < 1.29 is 4.79 Å². The Labute approximate surface area is 135 Å². The maximum Gasteiger partial charge on any atom is 0.256 e. The summed E-state index contributed by atoms with van der Waals surface area (Å²) < 4.78 is 0.862. The highest BCUT2D eigenvalue weighted by Gasteiger charge is 2.24. The van der Waals surface area contributed by atoms with E-state index in [9.17, 15) is 4.79 Å². The summed E-state index contributed by atoms with van der Waals surface area (Å²) in [6, 6.07) is 5.38. The number of aromatic nitrogens is 1. The van der Waals surface area contributed by atoms with Gasteiger partial charge in [-0.2, -0.15) is 0 Å². The Kier molecular flexibility index (Phi) is 4.12. The van der Waals surface area contributed by atoms with Gasteiger partial charge in [0.1, 0.15) is 0 Å². The average Bonchev–Trinajstić information content (AvgIpc) is 3.03. The molecule has 21 heavy (non-hydrogen) atoms. The third-order valence-corrected chi connectivity index (χ3v) is 4.83. The fourth-order valence-electron chi connectivity index (χ4n) is 2.36. The molecular weight excluding hydrogens is 352 g/mol. The standard InChI is InChI=1S/C14H15BrN4OS/c15-10-1-2-12(16)11(9-10)13(20)18-4-6-19(7-5-18)14-17-3-8-21-14/h1-3,8-9H,4-7,16H2. The predicted molar refractivity (Wildman–Crippen MR) is 88.8 cm³/mol. The molecule has 0 spiro atoms. The van der Waals surface area contributed by atoms with Crippen LogP contribution in [0.2, 0.25) is 0 Å². The van der Waals surface area contributed by atoms with E-state index in [1.54, 1.807) is 29.7 Å². The van der Waals surface area contributed by atoms with E-state index in [0.29, 0.717) is 24.3 Å². The first kappa shape index (κ1) is 14.3.